The number of thiophene rings is 1. The van der Waals surface area contributed by atoms with Crippen molar-refractivity contribution < 1.29 is 9.90 Å². The lowest BCUT2D eigenvalue weighted by atomic mass is 10.2. The van der Waals surface area contributed by atoms with Gasteiger partial charge in [0.05, 0.1) is 10.4 Å². The van der Waals surface area contributed by atoms with Crippen molar-refractivity contribution in [3.8, 4) is 11.8 Å². The van der Waals surface area contributed by atoms with Crippen LogP contribution in [0.3, 0.4) is 0 Å². The summed E-state index contributed by atoms with van der Waals surface area (Å²) < 4.78 is 0. The van der Waals surface area contributed by atoms with E-state index in [1.807, 2.05) is 42.6 Å². The van der Waals surface area contributed by atoms with Gasteiger partial charge < -0.3 is 10.0 Å². The van der Waals surface area contributed by atoms with Crippen LogP contribution >= 0.6 is 11.3 Å². The lowest BCUT2D eigenvalue weighted by Crippen LogP contribution is -2.29. The maximum absolute atomic E-state index is 12.5. The summed E-state index contributed by atoms with van der Waals surface area (Å²) in [5.41, 5.74) is 1.77. The fraction of sp³-hybridized carbons (Fsp3) is 0.235. The predicted octanol–water partition coefficient (Wildman–Crippen LogP) is 2.75. The molecule has 2 aromatic rings. The summed E-state index contributed by atoms with van der Waals surface area (Å²) in [5, 5.41) is 10.5. The Kier molecular flexibility index (Phi) is 5.56. The second-order valence-corrected chi connectivity index (χ2v) is 5.38. The quantitative estimate of drug-likeness (QED) is 0.882. The molecule has 0 aliphatic heterocycles. The fourth-order valence-corrected chi connectivity index (χ4v) is 2.70. The Hall–Kier alpha value is -2.09. The highest BCUT2D eigenvalue weighted by molar-refractivity contribution is 7.10. The van der Waals surface area contributed by atoms with Gasteiger partial charge in [0, 0.05) is 18.5 Å². The molecule has 1 aromatic carbocycles. The standard InChI is InChI=1S/C17H17NO2S/c1-2-18(12-14-7-4-3-5-8-14)17(20)15-11-16(21-13-15)9-6-10-19/h3-5,7-8,11,13,19H,2,10,12H2,1H3. The zero-order valence-corrected chi connectivity index (χ0v) is 12.7. The molecule has 4 heteroatoms. The van der Waals surface area contributed by atoms with Crippen LogP contribution in [0.2, 0.25) is 0 Å². The Bertz CT molecular complexity index is 652. The first kappa shape index (κ1) is 15.3. The molecular weight excluding hydrogens is 282 g/mol. The highest BCUT2D eigenvalue weighted by Crippen LogP contribution is 2.17. The van der Waals surface area contributed by atoms with Crippen LogP contribution in [-0.4, -0.2) is 29.1 Å². The van der Waals surface area contributed by atoms with E-state index in [0.717, 1.165) is 10.4 Å². The van der Waals surface area contributed by atoms with Gasteiger partial charge in [-0.25, -0.2) is 0 Å². The molecule has 1 N–H and O–H groups in total. The van der Waals surface area contributed by atoms with Crippen molar-refractivity contribution in [2.45, 2.75) is 13.5 Å². The third-order valence-corrected chi connectivity index (χ3v) is 3.87. The number of benzene rings is 1. The second-order valence-electron chi connectivity index (χ2n) is 4.46. The zero-order valence-electron chi connectivity index (χ0n) is 11.9. The van der Waals surface area contributed by atoms with Gasteiger partial charge in [-0.05, 0) is 18.6 Å². The summed E-state index contributed by atoms with van der Waals surface area (Å²) >= 11 is 1.42. The maximum atomic E-state index is 12.5. The van der Waals surface area contributed by atoms with E-state index in [2.05, 4.69) is 11.8 Å². The van der Waals surface area contributed by atoms with Gasteiger partial charge >= 0.3 is 0 Å². The Morgan fingerprint density at radius 1 is 1.33 bits per heavy atom. The van der Waals surface area contributed by atoms with Crippen molar-refractivity contribution in [3.63, 3.8) is 0 Å². The number of amides is 1. The summed E-state index contributed by atoms with van der Waals surface area (Å²) in [4.78, 5) is 15.1. The summed E-state index contributed by atoms with van der Waals surface area (Å²) in [7, 11) is 0. The summed E-state index contributed by atoms with van der Waals surface area (Å²) in [6.45, 7) is 3.06. The normalized spacial score (nSPS) is 9.81. The van der Waals surface area contributed by atoms with Gasteiger partial charge in [-0.1, -0.05) is 42.2 Å². The molecule has 1 aromatic heterocycles. The lowest BCUT2D eigenvalue weighted by Gasteiger charge is -2.20. The molecule has 108 valence electrons. The Morgan fingerprint density at radius 3 is 2.76 bits per heavy atom. The van der Waals surface area contributed by atoms with Gasteiger partial charge in [0.1, 0.15) is 6.61 Å². The van der Waals surface area contributed by atoms with E-state index in [-0.39, 0.29) is 12.5 Å². The average molecular weight is 299 g/mol. The Balaban J connectivity index is 2.11. The van der Waals surface area contributed by atoms with E-state index in [0.29, 0.717) is 18.7 Å². The molecule has 0 fully saturated rings. The smallest absolute Gasteiger partial charge is 0.255 e. The minimum atomic E-state index is -0.170. The molecule has 1 amide bonds. The van der Waals surface area contributed by atoms with Crippen LogP contribution in [0.1, 0.15) is 27.7 Å². The first-order valence-electron chi connectivity index (χ1n) is 6.76. The van der Waals surface area contributed by atoms with Gasteiger partial charge in [-0.3, -0.25) is 4.79 Å². The summed E-state index contributed by atoms with van der Waals surface area (Å²) in [6, 6.07) is 11.7. The molecule has 0 saturated heterocycles. The van der Waals surface area contributed by atoms with E-state index in [1.54, 1.807) is 11.0 Å². The first-order valence-corrected chi connectivity index (χ1v) is 7.64. The molecule has 21 heavy (non-hydrogen) atoms. The molecular formula is C17H17NO2S. The highest BCUT2D eigenvalue weighted by atomic mass is 32.1. The molecule has 0 unspecified atom stereocenters. The molecule has 0 atom stereocenters. The number of carbonyl (C=O) groups excluding carboxylic acids is 1. The van der Waals surface area contributed by atoms with Crippen LogP contribution < -0.4 is 0 Å². The van der Waals surface area contributed by atoms with Gasteiger partial charge in [-0.2, -0.15) is 0 Å². The van der Waals surface area contributed by atoms with E-state index < -0.39 is 0 Å². The van der Waals surface area contributed by atoms with Crippen LogP contribution in [0.5, 0.6) is 0 Å². The molecule has 0 aliphatic carbocycles. The topological polar surface area (TPSA) is 40.5 Å². The average Bonchev–Trinajstić information content (AvgIpc) is 3.00. The maximum Gasteiger partial charge on any atom is 0.255 e. The summed E-state index contributed by atoms with van der Waals surface area (Å²) in [6.07, 6.45) is 0. The third-order valence-electron chi connectivity index (χ3n) is 3.02. The number of aliphatic hydroxyl groups is 1. The van der Waals surface area contributed by atoms with Crippen LogP contribution in [0.25, 0.3) is 0 Å². The first-order chi connectivity index (χ1) is 10.2. The molecule has 1 heterocycles. The Labute approximate surface area is 128 Å². The zero-order chi connectivity index (χ0) is 15.1. The van der Waals surface area contributed by atoms with Crippen molar-refractivity contribution in [2.24, 2.45) is 0 Å². The minimum Gasteiger partial charge on any atom is -0.384 e. The van der Waals surface area contributed by atoms with Gasteiger partial charge in [0.25, 0.3) is 5.91 Å². The number of nitrogens with zero attached hydrogens (tertiary/aromatic N) is 1. The molecule has 0 spiro atoms. The molecule has 0 saturated carbocycles. The molecule has 0 radical (unpaired) electrons. The number of aliphatic hydroxyl groups excluding tert-OH is 1. The van der Waals surface area contributed by atoms with Crippen molar-refractivity contribution >= 4 is 17.2 Å². The second kappa shape index (κ2) is 7.63. The van der Waals surface area contributed by atoms with Gasteiger partial charge in [0.15, 0.2) is 0 Å². The van der Waals surface area contributed by atoms with Crippen LogP contribution in [0.4, 0.5) is 0 Å². The summed E-state index contributed by atoms with van der Waals surface area (Å²) in [5.74, 6) is 5.42. The SMILES string of the molecule is CCN(Cc1ccccc1)C(=O)c1csc(C#CCO)c1. The van der Waals surface area contributed by atoms with Gasteiger partial charge in [-0.15, -0.1) is 11.3 Å². The van der Waals surface area contributed by atoms with Crippen molar-refractivity contribution in [1.82, 2.24) is 4.90 Å². The van der Waals surface area contributed by atoms with E-state index in [4.69, 9.17) is 5.11 Å². The molecule has 3 nitrogen and oxygen atoms in total. The largest absolute Gasteiger partial charge is 0.384 e. The number of rotatable bonds is 4. The van der Waals surface area contributed by atoms with Crippen molar-refractivity contribution in [2.75, 3.05) is 13.2 Å². The Morgan fingerprint density at radius 2 is 2.10 bits per heavy atom. The van der Waals surface area contributed by atoms with Crippen LogP contribution in [0, 0.1) is 11.8 Å². The molecule has 2 rings (SSSR count). The van der Waals surface area contributed by atoms with E-state index in [1.165, 1.54) is 11.3 Å². The van der Waals surface area contributed by atoms with Crippen LogP contribution in [-0.2, 0) is 6.54 Å². The van der Waals surface area contributed by atoms with Crippen molar-refractivity contribution in [3.05, 3.63) is 57.8 Å². The van der Waals surface area contributed by atoms with E-state index >= 15 is 0 Å². The van der Waals surface area contributed by atoms with Crippen molar-refractivity contribution in [1.29, 1.82) is 0 Å². The third kappa shape index (κ3) is 4.19. The van der Waals surface area contributed by atoms with Crippen LogP contribution in [0.15, 0.2) is 41.8 Å². The molecule has 0 bridgehead atoms. The molecule has 0 aliphatic rings. The number of carbonyl (C=O) groups is 1. The van der Waals surface area contributed by atoms with Gasteiger partial charge in [0.2, 0.25) is 0 Å². The fourth-order valence-electron chi connectivity index (χ4n) is 1.95. The predicted molar refractivity (Wildman–Crippen MR) is 85.1 cm³/mol. The van der Waals surface area contributed by atoms with E-state index in [9.17, 15) is 4.79 Å². The lowest BCUT2D eigenvalue weighted by molar-refractivity contribution is 0.0753. The number of hydrogen-bond acceptors (Lipinski definition) is 3. The monoisotopic (exact) mass is 299 g/mol. The number of hydrogen-bond donors (Lipinski definition) is 1. The highest BCUT2D eigenvalue weighted by Gasteiger charge is 2.15. The minimum absolute atomic E-state index is 0.00894.